The van der Waals surface area contributed by atoms with Crippen LogP contribution in [-0.2, 0) is 10.3 Å². The van der Waals surface area contributed by atoms with Gasteiger partial charge in [0.2, 0.25) is 5.91 Å². The van der Waals surface area contributed by atoms with Gasteiger partial charge in [-0.2, -0.15) is 0 Å². The van der Waals surface area contributed by atoms with Gasteiger partial charge in [0.05, 0.1) is 12.1 Å². The number of benzene rings is 1. The third kappa shape index (κ3) is 3.55. The molecule has 0 aromatic heterocycles. The maximum Gasteiger partial charge on any atom is 0.221 e. The van der Waals surface area contributed by atoms with Crippen molar-refractivity contribution >= 4 is 5.91 Å². The number of nitrogens with one attached hydrogen (secondary N) is 2. The van der Waals surface area contributed by atoms with Crippen LogP contribution < -0.4 is 10.6 Å². The van der Waals surface area contributed by atoms with Crippen molar-refractivity contribution in [3.63, 3.8) is 0 Å². The normalized spacial score (nSPS) is 21.9. The molecule has 2 atom stereocenters. The van der Waals surface area contributed by atoms with Crippen LogP contribution in [0, 0.1) is 5.92 Å². The number of aliphatic hydroxyl groups excluding tert-OH is 1. The Labute approximate surface area is 114 Å². The highest BCUT2D eigenvalue weighted by Gasteiger charge is 2.29. The lowest BCUT2D eigenvalue weighted by molar-refractivity contribution is -0.124. The molecular formula is C15H22N2O2. The Kier molecular flexibility index (Phi) is 4.56. The number of hydrogen-bond donors (Lipinski definition) is 3. The van der Waals surface area contributed by atoms with Crippen LogP contribution in [0.4, 0.5) is 0 Å². The van der Waals surface area contributed by atoms with Crippen molar-refractivity contribution in [2.45, 2.75) is 25.3 Å². The lowest BCUT2D eigenvalue weighted by Gasteiger charge is -2.29. The molecule has 104 valence electrons. The van der Waals surface area contributed by atoms with Gasteiger partial charge < -0.3 is 15.7 Å². The van der Waals surface area contributed by atoms with Crippen molar-refractivity contribution in [2.24, 2.45) is 5.92 Å². The van der Waals surface area contributed by atoms with Crippen molar-refractivity contribution in [1.29, 1.82) is 0 Å². The van der Waals surface area contributed by atoms with Crippen LogP contribution in [0.25, 0.3) is 0 Å². The smallest absolute Gasteiger partial charge is 0.221 e. The third-order valence-electron chi connectivity index (χ3n) is 3.78. The molecule has 4 nitrogen and oxygen atoms in total. The molecule has 0 radical (unpaired) electrons. The van der Waals surface area contributed by atoms with Gasteiger partial charge in [-0.25, -0.2) is 0 Å². The second kappa shape index (κ2) is 6.17. The molecule has 1 aromatic carbocycles. The Balaban J connectivity index is 1.99. The molecule has 1 saturated heterocycles. The van der Waals surface area contributed by atoms with Crippen molar-refractivity contribution in [2.75, 3.05) is 19.7 Å². The summed E-state index contributed by atoms with van der Waals surface area (Å²) in [6.07, 6.45) is 1.57. The first kappa shape index (κ1) is 14.0. The third-order valence-corrected chi connectivity index (χ3v) is 3.78. The van der Waals surface area contributed by atoms with E-state index in [1.165, 1.54) is 0 Å². The Morgan fingerprint density at radius 3 is 2.79 bits per heavy atom. The number of carbonyl (C=O) groups excluding carboxylic acids is 1. The zero-order chi connectivity index (χ0) is 13.7. The van der Waals surface area contributed by atoms with Gasteiger partial charge in [-0.15, -0.1) is 0 Å². The van der Waals surface area contributed by atoms with Gasteiger partial charge in [-0.1, -0.05) is 30.3 Å². The highest BCUT2D eigenvalue weighted by molar-refractivity contribution is 5.77. The van der Waals surface area contributed by atoms with Crippen LogP contribution in [0.1, 0.15) is 25.3 Å². The summed E-state index contributed by atoms with van der Waals surface area (Å²) < 4.78 is 0. The number of carbonyl (C=O) groups is 1. The molecule has 2 unspecified atom stereocenters. The first-order chi connectivity index (χ1) is 9.14. The van der Waals surface area contributed by atoms with Gasteiger partial charge in [0.1, 0.15) is 0 Å². The fourth-order valence-corrected chi connectivity index (χ4v) is 2.52. The van der Waals surface area contributed by atoms with Crippen molar-refractivity contribution in [1.82, 2.24) is 10.6 Å². The molecule has 0 saturated carbocycles. The zero-order valence-corrected chi connectivity index (χ0v) is 11.4. The fraction of sp³-hybridized carbons (Fsp3) is 0.533. The van der Waals surface area contributed by atoms with Crippen LogP contribution in [0.15, 0.2) is 30.3 Å². The molecule has 0 bridgehead atoms. The van der Waals surface area contributed by atoms with Gasteiger partial charge in [-0.3, -0.25) is 4.79 Å². The summed E-state index contributed by atoms with van der Waals surface area (Å²) in [4.78, 5) is 12.1. The molecule has 4 heteroatoms. The predicted molar refractivity (Wildman–Crippen MR) is 74.6 cm³/mol. The summed E-state index contributed by atoms with van der Waals surface area (Å²) in [6, 6.07) is 9.60. The minimum atomic E-state index is -0.704. The monoisotopic (exact) mass is 262 g/mol. The molecule has 1 heterocycles. The average molecular weight is 262 g/mol. The highest BCUT2D eigenvalue weighted by Crippen LogP contribution is 2.21. The summed E-state index contributed by atoms with van der Waals surface area (Å²) in [6.45, 7) is 3.65. The summed E-state index contributed by atoms with van der Waals surface area (Å²) in [7, 11) is 0. The second-order valence-corrected chi connectivity index (χ2v) is 5.47. The topological polar surface area (TPSA) is 61.4 Å². The lowest BCUT2D eigenvalue weighted by Crippen LogP contribution is -2.46. The van der Waals surface area contributed by atoms with Gasteiger partial charge in [0.15, 0.2) is 0 Å². The molecular weight excluding hydrogens is 240 g/mol. The Hall–Kier alpha value is -1.39. The van der Waals surface area contributed by atoms with E-state index in [4.69, 9.17) is 0 Å². The van der Waals surface area contributed by atoms with Crippen molar-refractivity contribution in [3.8, 4) is 0 Å². The molecule has 1 aliphatic heterocycles. The van der Waals surface area contributed by atoms with Crippen LogP contribution in [0.5, 0.6) is 0 Å². The van der Waals surface area contributed by atoms with E-state index in [0.717, 1.165) is 25.1 Å². The van der Waals surface area contributed by atoms with Gasteiger partial charge in [0.25, 0.3) is 0 Å². The maximum atomic E-state index is 12.1. The van der Waals surface area contributed by atoms with E-state index in [1.54, 1.807) is 0 Å². The molecule has 2 rings (SSSR count). The SMILES string of the molecule is CC(CO)(NC(=O)CC1CCNC1)c1ccccc1. The molecule has 1 aliphatic rings. The average Bonchev–Trinajstić information content (AvgIpc) is 2.92. The van der Waals surface area contributed by atoms with Crippen LogP contribution in [0.3, 0.4) is 0 Å². The zero-order valence-electron chi connectivity index (χ0n) is 11.4. The molecule has 19 heavy (non-hydrogen) atoms. The number of amides is 1. The maximum absolute atomic E-state index is 12.1. The van der Waals surface area contributed by atoms with E-state index in [1.807, 2.05) is 37.3 Å². The second-order valence-electron chi connectivity index (χ2n) is 5.47. The molecule has 1 aromatic rings. The largest absolute Gasteiger partial charge is 0.394 e. The highest BCUT2D eigenvalue weighted by atomic mass is 16.3. The fourth-order valence-electron chi connectivity index (χ4n) is 2.52. The number of hydrogen-bond acceptors (Lipinski definition) is 3. The van der Waals surface area contributed by atoms with Crippen LogP contribution in [-0.4, -0.2) is 30.7 Å². The molecule has 1 amide bonds. The summed E-state index contributed by atoms with van der Waals surface area (Å²) >= 11 is 0. The van der Waals surface area contributed by atoms with Crippen LogP contribution in [0.2, 0.25) is 0 Å². The van der Waals surface area contributed by atoms with Crippen LogP contribution >= 0.6 is 0 Å². The molecule has 0 aliphatic carbocycles. The Morgan fingerprint density at radius 2 is 2.21 bits per heavy atom. The first-order valence-corrected chi connectivity index (χ1v) is 6.82. The van der Waals surface area contributed by atoms with E-state index in [0.29, 0.717) is 12.3 Å². The lowest BCUT2D eigenvalue weighted by atomic mass is 9.92. The van der Waals surface area contributed by atoms with Crippen molar-refractivity contribution < 1.29 is 9.90 Å². The van der Waals surface area contributed by atoms with E-state index >= 15 is 0 Å². The van der Waals surface area contributed by atoms with E-state index in [2.05, 4.69) is 10.6 Å². The summed E-state index contributed by atoms with van der Waals surface area (Å²) in [5.41, 5.74) is 0.222. The minimum Gasteiger partial charge on any atom is -0.394 e. The summed E-state index contributed by atoms with van der Waals surface area (Å²) in [5, 5.41) is 15.8. The number of rotatable bonds is 5. The van der Waals surface area contributed by atoms with E-state index in [-0.39, 0.29) is 12.5 Å². The minimum absolute atomic E-state index is 0.00843. The molecule has 1 fully saturated rings. The van der Waals surface area contributed by atoms with Gasteiger partial charge >= 0.3 is 0 Å². The van der Waals surface area contributed by atoms with Gasteiger partial charge in [0, 0.05) is 6.42 Å². The Bertz CT molecular complexity index is 415. The molecule has 3 N–H and O–H groups in total. The van der Waals surface area contributed by atoms with Gasteiger partial charge in [-0.05, 0) is 37.9 Å². The van der Waals surface area contributed by atoms with E-state index in [9.17, 15) is 9.90 Å². The first-order valence-electron chi connectivity index (χ1n) is 6.82. The molecule has 0 spiro atoms. The predicted octanol–water partition coefficient (Wildman–Crippen LogP) is 1.01. The Morgan fingerprint density at radius 1 is 1.47 bits per heavy atom. The van der Waals surface area contributed by atoms with E-state index < -0.39 is 5.54 Å². The standard InChI is InChI=1S/C15H22N2O2/c1-15(11-18,13-5-3-2-4-6-13)17-14(19)9-12-7-8-16-10-12/h2-6,12,16,18H,7-11H2,1H3,(H,17,19). The quantitative estimate of drug-likeness (QED) is 0.742. The number of aliphatic hydroxyl groups is 1. The summed E-state index contributed by atoms with van der Waals surface area (Å²) in [5.74, 6) is 0.424. The van der Waals surface area contributed by atoms with Crippen molar-refractivity contribution in [3.05, 3.63) is 35.9 Å².